The molecule has 0 bridgehead atoms. The number of aromatic nitrogens is 2. The zero-order valence-electron chi connectivity index (χ0n) is 12.4. The molecule has 21 heavy (non-hydrogen) atoms. The molecule has 4 heteroatoms. The number of hydrogen-bond acceptors (Lipinski definition) is 3. The van der Waals surface area contributed by atoms with Crippen LogP contribution in [0, 0.1) is 0 Å². The molecule has 0 atom stereocenters. The van der Waals surface area contributed by atoms with Crippen LogP contribution in [-0.4, -0.2) is 16.7 Å². The van der Waals surface area contributed by atoms with E-state index in [0.29, 0.717) is 18.6 Å². The number of methoxy groups -OCH3 is 1. The lowest BCUT2D eigenvalue weighted by molar-refractivity contribution is 0.185. The van der Waals surface area contributed by atoms with Crippen LogP contribution < -0.4 is 5.73 Å². The molecule has 1 aromatic heterocycles. The summed E-state index contributed by atoms with van der Waals surface area (Å²) in [7, 11) is 1.72. The molecule has 0 saturated heterocycles. The molecule has 110 valence electrons. The van der Waals surface area contributed by atoms with E-state index in [1.54, 1.807) is 7.11 Å². The van der Waals surface area contributed by atoms with Gasteiger partial charge in [0.05, 0.1) is 6.61 Å². The summed E-state index contributed by atoms with van der Waals surface area (Å²) in [6.07, 6.45) is 4.98. The first-order chi connectivity index (χ1) is 10.3. The van der Waals surface area contributed by atoms with Gasteiger partial charge in [-0.25, -0.2) is 4.98 Å². The number of nitrogens with two attached hydrogens (primary N) is 1. The predicted octanol–water partition coefficient (Wildman–Crippen LogP) is 3.49. The second kappa shape index (κ2) is 4.88. The minimum absolute atomic E-state index is 0.580. The van der Waals surface area contributed by atoms with E-state index in [0.717, 1.165) is 22.6 Å². The maximum Gasteiger partial charge on any atom is 0.132 e. The molecular formula is C17H21N3O. The zero-order valence-corrected chi connectivity index (χ0v) is 12.4. The molecule has 1 aromatic carbocycles. The van der Waals surface area contributed by atoms with Crippen molar-refractivity contribution >= 4 is 5.82 Å². The number of hydrogen-bond donors (Lipinski definition) is 1. The summed E-state index contributed by atoms with van der Waals surface area (Å²) in [4.78, 5) is 4.93. The van der Waals surface area contributed by atoms with Crippen molar-refractivity contribution in [2.45, 2.75) is 44.2 Å². The maximum atomic E-state index is 6.47. The molecule has 4 nitrogen and oxygen atoms in total. The Kier molecular flexibility index (Phi) is 3.00. The van der Waals surface area contributed by atoms with Gasteiger partial charge in [-0.05, 0) is 31.2 Å². The van der Waals surface area contributed by atoms with E-state index in [4.69, 9.17) is 15.5 Å². The Morgan fingerprint density at radius 3 is 2.67 bits per heavy atom. The molecule has 0 aliphatic heterocycles. The highest BCUT2D eigenvalue weighted by atomic mass is 16.5. The second-order valence-electron chi connectivity index (χ2n) is 6.17. The van der Waals surface area contributed by atoms with Gasteiger partial charge in [0.15, 0.2) is 0 Å². The van der Waals surface area contributed by atoms with Gasteiger partial charge >= 0.3 is 0 Å². The Morgan fingerprint density at radius 1 is 1.24 bits per heavy atom. The van der Waals surface area contributed by atoms with Gasteiger partial charge in [0.25, 0.3) is 0 Å². The molecule has 0 unspecified atom stereocenters. The molecule has 1 heterocycles. The summed E-state index contributed by atoms with van der Waals surface area (Å²) in [6, 6.07) is 8.84. The van der Waals surface area contributed by atoms with E-state index in [1.165, 1.54) is 31.5 Å². The largest absolute Gasteiger partial charge is 0.383 e. The molecule has 0 radical (unpaired) electrons. The van der Waals surface area contributed by atoms with Gasteiger partial charge < -0.3 is 15.0 Å². The number of nitrogens with zero attached hydrogens (tertiary/aromatic N) is 2. The Bertz CT molecular complexity index is 669. The first-order valence-corrected chi connectivity index (χ1v) is 7.74. The predicted molar refractivity (Wildman–Crippen MR) is 83.0 cm³/mol. The average Bonchev–Trinajstić information content (AvgIpc) is 3.38. The molecule has 2 aliphatic rings. The number of rotatable bonds is 5. The van der Waals surface area contributed by atoms with Crippen molar-refractivity contribution < 1.29 is 4.74 Å². The third-order valence-electron chi connectivity index (χ3n) is 4.40. The molecule has 2 aromatic rings. The van der Waals surface area contributed by atoms with Crippen LogP contribution in [0.1, 0.15) is 49.0 Å². The second-order valence-corrected chi connectivity index (χ2v) is 6.17. The number of benzene rings is 1. The summed E-state index contributed by atoms with van der Waals surface area (Å²) in [5.41, 5.74) is 9.67. The van der Waals surface area contributed by atoms with Crippen LogP contribution in [0.2, 0.25) is 0 Å². The average molecular weight is 283 g/mol. The van der Waals surface area contributed by atoms with Crippen molar-refractivity contribution in [1.29, 1.82) is 0 Å². The van der Waals surface area contributed by atoms with Gasteiger partial charge in [0, 0.05) is 24.6 Å². The van der Waals surface area contributed by atoms with Crippen LogP contribution in [-0.2, 0) is 11.3 Å². The number of ether oxygens (including phenoxy) is 1. The highest BCUT2D eigenvalue weighted by Crippen LogP contribution is 2.48. The molecular weight excluding hydrogens is 262 g/mol. The van der Waals surface area contributed by atoms with Gasteiger partial charge in [0.2, 0.25) is 0 Å². The smallest absolute Gasteiger partial charge is 0.132 e. The van der Waals surface area contributed by atoms with Gasteiger partial charge in [0.1, 0.15) is 17.3 Å². The Balaban J connectivity index is 1.83. The van der Waals surface area contributed by atoms with Crippen LogP contribution in [0.3, 0.4) is 0 Å². The van der Waals surface area contributed by atoms with Gasteiger partial charge in [-0.1, -0.05) is 24.3 Å². The molecule has 2 saturated carbocycles. The van der Waals surface area contributed by atoms with Crippen molar-refractivity contribution in [3.63, 3.8) is 0 Å². The van der Waals surface area contributed by atoms with Crippen molar-refractivity contribution in [2.24, 2.45) is 0 Å². The fraction of sp³-hybridized carbons (Fsp3) is 0.471. The van der Waals surface area contributed by atoms with E-state index in [1.807, 2.05) is 12.1 Å². The quantitative estimate of drug-likeness (QED) is 0.913. The van der Waals surface area contributed by atoms with Crippen LogP contribution in [0.15, 0.2) is 24.3 Å². The van der Waals surface area contributed by atoms with E-state index < -0.39 is 0 Å². The molecule has 2 aliphatic carbocycles. The monoisotopic (exact) mass is 283 g/mol. The van der Waals surface area contributed by atoms with Crippen LogP contribution in [0.25, 0.3) is 11.3 Å². The Hall–Kier alpha value is -1.81. The minimum atomic E-state index is 0.580. The lowest BCUT2D eigenvalue weighted by Gasteiger charge is -2.09. The topological polar surface area (TPSA) is 53.1 Å². The lowest BCUT2D eigenvalue weighted by atomic mass is 10.1. The highest BCUT2D eigenvalue weighted by Gasteiger charge is 2.36. The molecule has 0 spiro atoms. The van der Waals surface area contributed by atoms with Crippen molar-refractivity contribution in [1.82, 2.24) is 9.55 Å². The van der Waals surface area contributed by atoms with Crippen molar-refractivity contribution in [3.8, 4) is 11.3 Å². The molecule has 0 amide bonds. The van der Waals surface area contributed by atoms with E-state index in [2.05, 4.69) is 16.7 Å². The zero-order chi connectivity index (χ0) is 14.4. The first kappa shape index (κ1) is 12.9. The highest BCUT2D eigenvalue weighted by molar-refractivity contribution is 5.74. The standard InChI is InChI=1S/C17H21N3O/c1-21-10-12-4-2-3-5-14(12)15-16(18)20(13-8-9-13)17(19-15)11-6-7-11/h2-5,11,13H,6-10,18H2,1H3. The number of anilines is 1. The number of imidazole rings is 1. The summed E-state index contributed by atoms with van der Waals surface area (Å²) in [5, 5.41) is 0. The Labute approximate surface area is 124 Å². The summed E-state index contributed by atoms with van der Waals surface area (Å²) < 4.78 is 7.61. The molecule has 2 N–H and O–H groups in total. The van der Waals surface area contributed by atoms with E-state index >= 15 is 0 Å². The summed E-state index contributed by atoms with van der Waals surface area (Å²) >= 11 is 0. The SMILES string of the molecule is COCc1ccccc1-c1nc(C2CC2)n(C2CC2)c1N. The molecule has 2 fully saturated rings. The van der Waals surface area contributed by atoms with Crippen LogP contribution >= 0.6 is 0 Å². The van der Waals surface area contributed by atoms with Crippen molar-refractivity contribution in [2.75, 3.05) is 12.8 Å². The van der Waals surface area contributed by atoms with Gasteiger partial charge in [-0.15, -0.1) is 0 Å². The maximum absolute atomic E-state index is 6.47. The van der Waals surface area contributed by atoms with E-state index in [9.17, 15) is 0 Å². The molecule has 4 rings (SSSR count). The van der Waals surface area contributed by atoms with E-state index in [-0.39, 0.29) is 0 Å². The third kappa shape index (κ3) is 2.23. The summed E-state index contributed by atoms with van der Waals surface area (Å²) in [5.74, 6) is 2.66. The fourth-order valence-electron chi connectivity index (χ4n) is 3.04. The summed E-state index contributed by atoms with van der Waals surface area (Å²) in [6.45, 7) is 0.588. The fourth-order valence-corrected chi connectivity index (χ4v) is 3.04. The van der Waals surface area contributed by atoms with Gasteiger partial charge in [-0.2, -0.15) is 0 Å². The van der Waals surface area contributed by atoms with Crippen LogP contribution in [0.4, 0.5) is 5.82 Å². The van der Waals surface area contributed by atoms with Gasteiger partial charge in [-0.3, -0.25) is 0 Å². The van der Waals surface area contributed by atoms with Crippen molar-refractivity contribution in [3.05, 3.63) is 35.7 Å². The number of nitrogen functional groups attached to an aromatic ring is 1. The normalized spacial score (nSPS) is 18.1. The van der Waals surface area contributed by atoms with Crippen LogP contribution in [0.5, 0.6) is 0 Å². The third-order valence-corrected chi connectivity index (χ3v) is 4.40. The lowest BCUT2D eigenvalue weighted by Crippen LogP contribution is -2.04. The first-order valence-electron chi connectivity index (χ1n) is 7.74. The Morgan fingerprint density at radius 2 is 2.00 bits per heavy atom. The minimum Gasteiger partial charge on any atom is -0.383 e.